The molecule has 1 aliphatic rings. The second kappa shape index (κ2) is 5.08. The van der Waals surface area contributed by atoms with Crippen LogP contribution in [0.3, 0.4) is 0 Å². The van der Waals surface area contributed by atoms with E-state index in [1.807, 2.05) is 6.92 Å². The largest absolute Gasteiger partial charge is 0.480 e. The van der Waals surface area contributed by atoms with Gasteiger partial charge in [0.25, 0.3) is 0 Å². The lowest BCUT2D eigenvalue weighted by Crippen LogP contribution is -2.35. The fraction of sp³-hybridized carbons (Fsp3) is 0.727. The number of hydrogen-bond acceptors (Lipinski definition) is 4. The topological polar surface area (TPSA) is 74.7 Å². The van der Waals surface area contributed by atoms with Gasteiger partial charge in [-0.15, -0.1) is 11.8 Å². The number of hydrogen-bond donors (Lipinski definition) is 1. The van der Waals surface area contributed by atoms with Crippen LogP contribution in [0.2, 0.25) is 0 Å². The number of thioether (sulfide) groups is 1. The summed E-state index contributed by atoms with van der Waals surface area (Å²) in [6.45, 7) is 5.39. The first-order valence-corrected chi connectivity index (χ1v) is 6.43. The molecule has 0 aromatic carbocycles. The van der Waals surface area contributed by atoms with Crippen LogP contribution in [0.15, 0.2) is 0 Å². The summed E-state index contributed by atoms with van der Waals surface area (Å²) in [6, 6.07) is 0. The van der Waals surface area contributed by atoms with Crippen molar-refractivity contribution in [2.45, 2.75) is 43.6 Å². The molecular weight excluding hydrogens is 242 g/mol. The maximum atomic E-state index is 11.9. The zero-order valence-corrected chi connectivity index (χ0v) is 11.0. The summed E-state index contributed by atoms with van der Waals surface area (Å²) in [7, 11) is 0. The van der Waals surface area contributed by atoms with Crippen LogP contribution in [0.4, 0.5) is 0 Å². The molecule has 0 radical (unpaired) electrons. The van der Waals surface area contributed by atoms with Crippen molar-refractivity contribution in [1.29, 1.82) is 0 Å². The number of imide groups is 1. The third-order valence-electron chi connectivity index (χ3n) is 2.60. The number of amides is 2. The Morgan fingerprint density at radius 2 is 2.12 bits per heavy atom. The van der Waals surface area contributed by atoms with E-state index in [1.54, 1.807) is 13.8 Å². The van der Waals surface area contributed by atoms with Crippen molar-refractivity contribution >= 4 is 29.5 Å². The minimum atomic E-state index is -1.05. The molecule has 0 aromatic rings. The van der Waals surface area contributed by atoms with E-state index >= 15 is 0 Å². The highest BCUT2D eigenvalue weighted by molar-refractivity contribution is 8.02. The summed E-state index contributed by atoms with van der Waals surface area (Å²) in [5.74, 6) is -1.43. The maximum Gasteiger partial charge on any atom is 0.319 e. The average Bonchev–Trinajstić information content (AvgIpc) is 2.45. The zero-order chi connectivity index (χ0) is 13.2. The van der Waals surface area contributed by atoms with Crippen molar-refractivity contribution in [3.63, 3.8) is 0 Å². The lowest BCUT2D eigenvalue weighted by molar-refractivity contribution is -0.139. The molecule has 0 spiro atoms. The van der Waals surface area contributed by atoms with Gasteiger partial charge in [-0.1, -0.05) is 6.92 Å². The van der Waals surface area contributed by atoms with Gasteiger partial charge >= 0.3 is 5.97 Å². The van der Waals surface area contributed by atoms with Crippen LogP contribution in [0.1, 0.15) is 33.6 Å². The Bertz CT molecular complexity index is 353. The van der Waals surface area contributed by atoms with E-state index in [1.165, 1.54) is 4.90 Å². The molecule has 1 saturated heterocycles. The highest BCUT2D eigenvalue weighted by Gasteiger charge is 2.43. The smallest absolute Gasteiger partial charge is 0.319 e. The van der Waals surface area contributed by atoms with Crippen molar-refractivity contribution in [2.24, 2.45) is 0 Å². The summed E-state index contributed by atoms with van der Waals surface area (Å²) in [5.41, 5.74) is 0. The zero-order valence-electron chi connectivity index (χ0n) is 10.2. The highest BCUT2D eigenvalue weighted by Crippen LogP contribution is 2.35. The van der Waals surface area contributed by atoms with E-state index in [9.17, 15) is 14.4 Å². The first kappa shape index (κ1) is 14.0. The van der Waals surface area contributed by atoms with E-state index in [2.05, 4.69) is 0 Å². The minimum Gasteiger partial charge on any atom is -0.480 e. The first-order chi connectivity index (χ1) is 7.79. The van der Waals surface area contributed by atoms with Gasteiger partial charge in [-0.25, -0.2) is 0 Å². The summed E-state index contributed by atoms with van der Waals surface area (Å²) in [4.78, 5) is 35.7. The quantitative estimate of drug-likeness (QED) is 0.749. The Labute approximate surface area is 105 Å². The van der Waals surface area contributed by atoms with Crippen molar-refractivity contribution in [1.82, 2.24) is 4.90 Å². The van der Waals surface area contributed by atoms with Crippen LogP contribution in [-0.2, 0) is 14.4 Å². The third kappa shape index (κ3) is 3.00. The number of nitrogens with zero attached hydrogens (tertiary/aromatic N) is 1. The van der Waals surface area contributed by atoms with Gasteiger partial charge < -0.3 is 5.11 Å². The SMILES string of the molecule is CCCN1C(=O)CC(SC(C)(C)C(=O)O)C1=O. The van der Waals surface area contributed by atoms with E-state index in [-0.39, 0.29) is 18.2 Å². The number of carboxylic acids is 1. The van der Waals surface area contributed by atoms with Crippen LogP contribution in [0.25, 0.3) is 0 Å². The molecular formula is C11H17NO4S. The van der Waals surface area contributed by atoms with E-state index in [0.29, 0.717) is 6.54 Å². The lowest BCUT2D eigenvalue weighted by Gasteiger charge is -2.21. The molecule has 1 unspecified atom stereocenters. The number of carbonyl (C=O) groups is 3. The molecule has 0 aliphatic carbocycles. The molecule has 17 heavy (non-hydrogen) atoms. The number of carbonyl (C=O) groups excluding carboxylic acids is 2. The summed E-state index contributed by atoms with van der Waals surface area (Å²) in [5, 5.41) is 8.44. The lowest BCUT2D eigenvalue weighted by atomic mass is 10.2. The van der Waals surface area contributed by atoms with E-state index < -0.39 is 16.0 Å². The predicted molar refractivity (Wildman–Crippen MR) is 64.7 cm³/mol. The van der Waals surface area contributed by atoms with Crippen LogP contribution in [0.5, 0.6) is 0 Å². The average molecular weight is 259 g/mol. The third-order valence-corrected chi connectivity index (χ3v) is 4.02. The fourth-order valence-corrected chi connectivity index (χ4v) is 2.88. The predicted octanol–water partition coefficient (Wildman–Crippen LogP) is 1.12. The highest BCUT2D eigenvalue weighted by atomic mass is 32.2. The van der Waals surface area contributed by atoms with Crippen molar-refractivity contribution in [2.75, 3.05) is 6.54 Å². The summed E-state index contributed by atoms with van der Waals surface area (Å²) in [6.07, 6.45) is 0.831. The van der Waals surface area contributed by atoms with Gasteiger partial charge in [0, 0.05) is 13.0 Å². The molecule has 0 bridgehead atoms. The van der Waals surface area contributed by atoms with Gasteiger partial charge in [0.05, 0.1) is 5.25 Å². The molecule has 1 N–H and O–H groups in total. The first-order valence-electron chi connectivity index (χ1n) is 5.55. The number of aliphatic carboxylic acids is 1. The van der Waals surface area contributed by atoms with Crippen molar-refractivity contribution < 1.29 is 19.5 Å². The van der Waals surface area contributed by atoms with Crippen LogP contribution < -0.4 is 0 Å². The summed E-state index contributed by atoms with van der Waals surface area (Å²) < 4.78 is -1.05. The second-order valence-electron chi connectivity index (χ2n) is 4.51. The molecule has 96 valence electrons. The molecule has 2 amide bonds. The van der Waals surface area contributed by atoms with Crippen molar-refractivity contribution in [3.8, 4) is 0 Å². The molecule has 1 rings (SSSR count). The molecule has 1 aliphatic heterocycles. The van der Waals surface area contributed by atoms with Gasteiger partial charge in [0.2, 0.25) is 11.8 Å². The van der Waals surface area contributed by atoms with Gasteiger partial charge in [-0.3, -0.25) is 19.3 Å². The molecule has 1 heterocycles. The maximum absolute atomic E-state index is 11.9. The molecule has 1 atom stereocenters. The van der Waals surface area contributed by atoms with Crippen LogP contribution >= 0.6 is 11.8 Å². The Kier molecular flexibility index (Phi) is 4.19. The standard InChI is InChI=1S/C11H17NO4S/c1-4-5-12-8(13)6-7(9(12)14)17-11(2,3)10(15)16/h7H,4-6H2,1-3H3,(H,15,16). The molecule has 6 heteroatoms. The Morgan fingerprint density at radius 3 is 2.59 bits per heavy atom. The van der Waals surface area contributed by atoms with Gasteiger partial charge in [0.15, 0.2) is 0 Å². The normalized spacial score (nSPS) is 21.1. The van der Waals surface area contributed by atoms with Gasteiger partial charge in [0.1, 0.15) is 4.75 Å². The minimum absolute atomic E-state index is 0.111. The van der Waals surface area contributed by atoms with Gasteiger partial charge in [-0.05, 0) is 20.3 Å². The van der Waals surface area contributed by atoms with E-state index in [0.717, 1.165) is 18.2 Å². The number of rotatable bonds is 5. The Hall–Kier alpha value is -1.04. The van der Waals surface area contributed by atoms with Gasteiger partial charge in [-0.2, -0.15) is 0 Å². The number of carboxylic acid groups (broad SMARTS) is 1. The molecule has 1 fully saturated rings. The van der Waals surface area contributed by atoms with Crippen LogP contribution in [-0.4, -0.2) is 44.3 Å². The van der Waals surface area contributed by atoms with Crippen molar-refractivity contribution in [3.05, 3.63) is 0 Å². The van der Waals surface area contributed by atoms with Crippen LogP contribution in [0, 0.1) is 0 Å². The second-order valence-corrected chi connectivity index (χ2v) is 6.34. The fourth-order valence-electron chi connectivity index (χ4n) is 1.61. The molecule has 5 nitrogen and oxygen atoms in total. The van der Waals surface area contributed by atoms with E-state index in [4.69, 9.17) is 5.11 Å². The monoisotopic (exact) mass is 259 g/mol. The Balaban J connectivity index is 2.73. The Morgan fingerprint density at radius 1 is 1.53 bits per heavy atom. The number of likely N-dealkylation sites (tertiary alicyclic amines) is 1. The molecule has 0 saturated carbocycles. The molecule has 0 aromatic heterocycles. The summed E-state index contributed by atoms with van der Waals surface area (Å²) >= 11 is 1.05.